The van der Waals surface area contributed by atoms with Crippen molar-refractivity contribution in [2.75, 3.05) is 18.0 Å². The van der Waals surface area contributed by atoms with Gasteiger partial charge in [0.25, 0.3) is 0 Å². The second kappa shape index (κ2) is 8.00. The fourth-order valence-electron chi connectivity index (χ4n) is 3.88. The van der Waals surface area contributed by atoms with Crippen LogP contribution in [0.15, 0.2) is 24.3 Å². The molecule has 3 unspecified atom stereocenters. The van der Waals surface area contributed by atoms with Gasteiger partial charge in [0.1, 0.15) is 0 Å². The van der Waals surface area contributed by atoms with Crippen LogP contribution in [0.25, 0.3) is 0 Å². The zero-order valence-corrected chi connectivity index (χ0v) is 14.9. The van der Waals surface area contributed by atoms with Crippen molar-refractivity contribution in [3.8, 4) is 0 Å². The summed E-state index contributed by atoms with van der Waals surface area (Å²) in [5.41, 5.74) is 2.10. The predicted molar refractivity (Wildman–Crippen MR) is 97.3 cm³/mol. The summed E-state index contributed by atoms with van der Waals surface area (Å²) < 4.78 is 0. The van der Waals surface area contributed by atoms with E-state index in [0.29, 0.717) is 19.0 Å². The average molecular weight is 344 g/mol. The molecule has 1 aromatic rings. The molecule has 1 saturated heterocycles. The molecule has 25 heavy (non-hydrogen) atoms. The minimum atomic E-state index is -0.285. The van der Waals surface area contributed by atoms with E-state index in [4.69, 9.17) is 0 Å². The third-order valence-electron chi connectivity index (χ3n) is 5.47. The molecule has 5 nitrogen and oxygen atoms in total. The normalized spacial score (nSPS) is 26.7. The van der Waals surface area contributed by atoms with Crippen LogP contribution >= 0.6 is 0 Å². The van der Waals surface area contributed by atoms with Gasteiger partial charge in [0.2, 0.25) is 11.8 Å². The Labute approximate surface area is 149 Å². The number of nitrogens with one attached hydrogen (secondary N) is 1. The maximum absolute atomic E-state index is 12.4. The molecule has 0 spiro atoms. The first kappa shape index (κ1) is 17.9. The fourth-order valence-corrected chi connectivity index (χ4v) is 3.88. The van der Waals surface area contributed by atoms with Crippen LogP contribution in [0.5, 0.6) is 0 Å². The van der Waals surface area contributed by atoms with E-state index in [0.717, 1.165) is 37.8 Å². The molecular weight excluding hydrogens is 316 g/mol. The van der Waals surface area contributed by atoms with E-state index in [1.165, 1.54) is 5.56 Å². The van der Waals surface area contributed by atoms with Crippen LogP contribution in [0.2, 0.25) is 0 Å². The smallest absolute Gasteiger partial charge is 0.227 e. The van der Waals surface area contributed by atoms with E-state index in [-0.39, 0.29) is 30.3 Å². The number of rotatable bonds is 5. The Hall–Kier alpha value is -1.88. The van der Waals surface area contributed by atoms with Crippen LogP contribution < -0.4 is 10.2 Å². The summed E-state index contributed by atoms with van der Waals surface area (Å²) in [6.45, 7) is 3.15. The molecule has 0 bridgehead atoms. The molecule has 3 atom stereocenters. The van der Waals surface area contributed by atoms with Crippen LogP contribution in [0.1, 0.15) is 44.6 Å². The van der Waals surface area contributed by atoms with Gasteiger partial charge in [0, 0.05) is 25.2 Å². The lowest BCUT2D eigenvalue weighted by Crippen LogP contribution is -2.37. The van der Waals surface area contributed by atoms with Crippen LogP contribution in [-0.4, -0.2) is 36.1 Å². The molecule has 2 N–H and O–H groups in total. The minimum Gasteiger partial charge on any atom is -0.393 e. The van der Waals surface area contributed by atoms with Gasteiger partial charge in [-0.05, 0) is 49.3 Å². The van der Waals surface area contributed by atoms with Crippen molar-refractivity contribution in [1.82, 2.24) is 5.32 Å². The molecule has 2 aliphatic rings. The van der Waals surface area contributed by atoms with Crippen molar-refractivity contribution < 1.29 is 14.7 Å². The molecule has 1 aliphatic carbocycles. The van der Waals surface area contributed by atoms with Crippen molar-refractivity contribution in [2.45, 2.75) is 51.6 Å². The van der Waals surface area contributed by atoms with Gasteiger partial charge in [0.15, 0.2) is 0 Å². The highest BCUT2D eigenvalue weighted by molar-refractivity contribution is 6.00. The third kappa shape index (κ3) is 4.40. The molecule has 5 heteroatoms. The van der Waals surface area contributed by atoms with Crippen LogP contribution in [0.4, 0.5) is 5.69 Å². The van der Waals surface area contributed by atoms with Crippen molar-refractivity contribution in [1.29, 1.82) is 0 Å². The number of hydrogen-bond acceptors (Lipinski definition) is 3. The average Bonchev–Trinajstić information content (AvgIpc) is 3.02. The first-order valence-corrected chi connectivity index (χ1v) is 9.42. The summed E-state index contributed by atoms with van der Waals surface area (Å²) in [7, 11) is 0. The molecule has 0 radical (unpaired) electrons. The lowest BCUT2D eigenvalue weighted by atomic mass is 9.87. The van der Waals surface area contributed by atoms with E-state index >= 15 is 0 Å². The second-order valence-electron chi connectivity index (χ2n) is 7.36. The molecule has 1 saturated carbocycles. The summed E-state index contributed by atoms with van der Waals surface area (Å²) in [6, 6.07) is 7.98. The Morgan fingerprint density at radius 1 is 1.28 bits per heavy atom. The summed E-state index contributed by atoms with van der Waals surface area (Å²) >= 11 is 0. The first-order valence-electron chi connectivity index (χ1n) is 9.42. The number of aliphatic hydroxyl groups excluding tert-OH is 1. The topological polar surface area (TPSA) is 69.6 Å². The Kier molecular flexibility index (Phi) is 5.74. The fraction of sp³-hybridized carbons (Fsp3) is 0.600. The number of benzene rings is 1. The number of aliphatic hydroxyl groups is 1. The number of carbonyl (C=O) groups excluding carboxylic acids is 2. The van der Waals surface area contributed by atoms with Gasteiger partial charge < -0.3 is 15.3 Å². The highest BCUT2D eigenvalue weighted by Crippen LogP contribution is 2.27. The number of anilines is 1. The Morgan fingerprint density at radius 3 is 2.72 bits per heavy atom. The van der Waals surface area contributed by atoms with E-state index in [1.54, 1.807) is 4.90 Å². The molecule has 2 amide bonds. The largest absolute Gasteiger partial charge is 0.393 e. The highest BCUT2D eigenvalue weighted by atomic mass is 16.3. The number of carbonyl (C=O) groups is 2. The van der Waals surface area contributed by atoms with Crippen LogP contribution in [0.3, 0.4) is 0 Å². The number of hydrogen-bond donors (Lipinski definition) is 2. The van der Waals surface area contributed by atoms with E-state index in [9.17, 15) is 14.7 Å². The number of nitrogens with zero attached hydrogens (tertiary/aromatic N) is 1. The molecule has 1 heterocycles. The van der Waals surface area contributed by atoms with Crippen molar-refractivity contribution in [2.24, 2.45) is 11.8 Å². The lowest BCUT2D eigenvalue weighted by molar-refractivity contribution is -0.126. The van der Waals surface area contributed by atoms with Crippen LogP contribution in [-0.2, 0) is 16.0 Å². The Bertz CT molecular complexity index is 614. The summed E-state index contributed by atoms with van der Waals surface area (Å²) in [5, 5.41) is 12.7. The van der Waals surface area contributed by atoms with Gasteiger partial charge in [-0.25, -0.2) is 0 Å². The standard InChI is InChI=1S/C20H28N2O3/c1-2-14-6-8-17(9-7-14)22-13-16(11-19(22)24)20(25)21-12-15-4-3-5-18(23)10-15/h6-9,15-16,18,23H,2-5,10-13H2,1H3,(H,21,25). The van der Waals surface area contributed by atoms with Crippen molar-refractivity contribution >= 4 is 17.5 Å². The number of aryl methyl sites for hydroxylation is 1. The molecule has 0 aromatic heterocycles. The zero-order valence-electron chi connectivity index (χ0n) is 14.9. The summed E-state index contributed by atoms with van der Waals surface area (Å²) in [6.07, 6.45) is 4.71. The van der Waals surface area contributed by atoms with E-state index in [2.05, 4.69) is 12.2 Å². The monoisotopic (exact) mass is 344 g/mol. The molecule has 1 aromatic carbocycles. The third-order valence-corrected chi connectivity index (χ3v) is 5.47. The maximum atomic E-state index is 12.4. The second-order valence-corrected chi connectivity index (χ2v) is 7.36. The SMILES string of the molecule is CCc1ccc(N2CC(C(=O)NCC3CCCC(O)C3)CC2=O)cc1. The van der Waals surface area contributed by atoms with Crippen LogP contribution in [0, 0.1) is 11.8 Å². The lowest BCUT2D eigenvalue weighted by Gasteiger charge is -2.26. The highest BCUT2D eigenvalue weighted by Gasteiger charge is 2.35. The molecular formula is C20H28N2O3. The zero-order chi connectivity index (χ0) is 17.8. The predicted octanol–water partition coefficient (Wildman–Crippen LogP) is 2.27. The van der Waals surface area contributed by atoms with Gasteiger partial charge >= 0.3 is 0 Å². The van der Waals surface area contributed by atoms with Gasteiger partial charge in [0.05, 0.1) is 12.0 Å². The van der Waals surface area contributed by atoms with Crippen molar-refractivity contribution in [3.05, 3.63) is 29.8 Å². The Balaban J connectivity index is 1.53. The van der Waals surface area contributed by atoms with Gasteiger partial charge in [-0.3, -0.25) is 9.59 Å². The Morgan fingerprint density at radius 2 is 2.04 bits per heavy atom. The quantitative estimate of drug-likeness (QED) is 0.861. The minimum absolute atomic E-state index is 0.0116. The summed E-state index contributed by atoms with van der Waals surface area (Å²) in [5.74, 6) is 0.0351. The van der Waals surface area contributed by atoms with Gasteiger partial charge in [-0.1, -0.05) is 25.5 Å². The first-order chi connectivity index (χ1) is 12.1. The van der Waals surface area contributed by atoms with E-state index < -0.39 is 0 Å². The van der Waals surface area contributed by atoms with Gasteiger partial charge in [-0.15, -0.1) is 0 Å². The molecule has 136 valence electrons. The maximum Gasteiger partial charge on any atom is 0.227 e. The van der Waals surface area contributed by atoms with Gasteiger partial charge in [-0.2, -0.15) is 0 Å². The van der Waals surface area contributed by atoms with E-state index in [1.807, 2.05) is 24.3 Å². The number of amides is 2. The molecule has 2 fully saturated rings. The molecule has 1 aliphatic heterocycles. The summed E-state index contributed by atoms with van der Waals surface area (Å²) in [4.78, 5) is 26.5. The van der Waals surface area contributed by atoms with Crippen molar-refractivity contribution in [3.63, 3.8) is 0 Å². The molecule has 3 rings (SSSR count).